The van der Waals surface area contributed by atoms with E-state index in [1.165, 1.54) is 29.9 Å². The standard InChI is InChI=1S/C24H24Br2N4O6/c1-6-35-22(32)13(2)36-20-17(26)9-14(10-19(20)30(33)34)12-27-29-21(31)16-11-15(25)7-8-18(16)28-23(29)24(3,4)5/h7-13H,6H2,1-5H3/t13-/m1/s1. The van der Waals surface area contributed by atoms with Gasteiger partial charge in [0.15, 0.2) is 6.10 Å². The van der Waals surface area contributed by atoms with E-state index in [9.17, 15) is 19.7 Å². The lowest BCUT2D eigenvalue weighted by Crippen LogP contribution is -2.29. The first-order valence-corrected chi connectivity index (χ1v) is 12.5. The molecule has 0 fully saturated rings. The highest BCUT2D eigenvalue weighted by Crippen LogP contribution is 2.37. The molecule has 0 aliphatic rings. The molecule has 3 aromatic rings. The fraction of sp³-hybridized carbons (Fsp3) is 0.333. The predicted molar refractivity (Wildman–Crippen MR) is 143 cm³/mol. The van der Waals surface area contributed by atoms with Crippen molar-refractivity contribution in [3.05, 3.63) is 71.1 Å². The van der Waals surface area contributed by atoms with Gasteiger partial charge in [-0.3, -0.25) is 14.9 Å². The van der Waals surface area contributed by atoms with Gasteiger partial charge in [-0.15, -0.1) is 0 Å². The van der Waals surface area contributed by atoms with E-state index >= 15 is 0 Å². The monoisotopic (exact) mass is 622 g/mol. The molecule has 0 saturated heterocycles. The first kappa shape index (κ1) is 27.5. The smallest absolute Gasteiger partial charge is 0.347 e. The summed E-state index contributed by atoms with van der Waals surface area (Å²) in [6.45, 7) is 8.96. The van der Waals surface area contributed by atoms with Crippen LogP contribution >= 0.6 is 31.9 Å². The third kappa shape index (κ3) is 5.98. The number of aromatic nitrogens is 2. The Hall–Kier alpha value is -3.12. The summed E-state index contributed by atoms with van der Waals surface area (Å²) in [5.74, 6) is -0.341. The van der Waals surface area contributed by atoms with E-state index in [0.717, 1.165) is 4.47 Å². The van der Waals surface area contributed by atoms with Crippen LogP contribution in [0, 0.1) is 10.1 Å². The number of rotatable bonds is 7. The molecule has 0 bridgehead atoms. The molecule has 1 heterocycles. The van der Waals surface area contributed by atoms with Gasteiger partial charge < -0.3 is 9.47 Å². The minimum atomic E-state index is -1.06. The summed E-state index contributed by atoms with van der Waals surface area (Å²) < 4.78 is 12.6. The number of benzene rings is 2. The van der Waals surface area contributed by atoms with Crippen LogP contribution in [-0.4, -0.2) is 39.5 Å². The largest absolute Gasteiger partial charge is 0.471 e. The van der Waals surface area contributed by atoms with Gasteiger partial charge in [0.05, 0.1) is 33.1 Å². The highest BCUT2D eigenvalue weighted by atomic mass is 79.9. The van der Waals surface area contributed by atoms with Crippen LogP contribution in [-0.2, 0) is 14.9 Å². The Morgan fingerprint density at radius 1 is 1.28 bits per heavy atom. The van der Waals surface area contributed by atoms with Gasteiger partial charge in [0, 0.05) is 21.5 Å². The second kappa shape index (κ2) is 10.9. The van der Waals surface area contributed by atoms with Gasteiger partial charge in [-0.1, -0.05) is 36.7 Å². The first-order chi connectivity index (χ1) is 16.8. The van der Waals surface area contributed by atoms with Gasteiger partial charge in [0.1, 0.15) is 5.82 Å². The van der Waals surface area contributed by atoms with Crippen molar-refractivity contribution in [2.45, 2.75) is 46.1 Å². The summed E-state index contributed by atoms with van der Waals surface area (Å²) in [4.78, 5) is 41.0. The van der Waals surface area contributed by atoms with Crippen molar-refractivity contribution in [1.82, 2.24) is 9.66 Å². The molecule has 1 aromatic heterocycles. The molecule has 2 aromatic carbocycles. The summed E-state index contributed by atoms with van der Waals surface area (Å²) in [7, 11) is 0. The Morgan fingerprint density at radius 2 is 1.97 bits per heavy atom. The second-order valence-electron chi connectivity index (χ2n) is 8.83. The average molecular weight is 624 g/mol. The third-order valence-corrected chi connectivity index (χ3v) is 6.04. The summed E-state index contributed by atoms with van der Waals surface area (Å²) >= 11 is 6.65. The summed E-state index contributed by atoms with van der Waals surface area (Å²) in [5.41, 5.74) is -0.420. The Kier molecular flexibility index (Phi) is 8.29. The number of nitro groups is 1. The van der Waals surface area contributed by atoms with Crippen LogP contribution in [0.25, 0.3) is 10.9 Å². The molecule has 10 nitrogen and oxygen atoms in total. The number of esters is 1. The van der Waals surface area contributed by atoms with E-state index in [2.05, 4.69) is 41.9 Å². The minimum absolute atomic E-state index is 0.123. The zero-order valence-corrected chi connectivity index (χ0v) is 23.4. The fourth-order valence-electron chi connectivity index (χ4n) is 3.28. The van der Waals surface area contributed by atoms with Crippen molar-refractivity contribution in [3.63, 3.8) is 0 Å². The van der Waals surface area contributed by atoms with E-state index in [1.54, 1.807) is 25.1 Å². The van der Waals surface area contributed by atoms with Crippen LogP contribution in [0.3, 0.4) is 0 Å². The van der Waals surface area contributed by atoms with Gasteiger partial charge in [0.25, 0.3) is 5.56 Å². The molecule has 0 unspecified atom stereocenters. The number of nitro benzene ring substituents is 1. The molecule has 0 saturated carbocycles. The zero-order chi connectivity index (χ0) is 26.8. The van der Waals surface area contributed by atoms with E-state index in [0.29, 0.717) is 22.3 Å². The number of carbonyl (C=O) groups is 1. The predicted octanol–water partition coefficient (Wildman–Crippen LogP) is 5.34. The molecule has 0 aliphatic heterocycles. The molecule has 0 amide bonds. The van der Waals surface area contributed by atoms with Crippen LogP contribution < -0.4 is 10.3 Å². The van der Waals surface area contributed by atoms with Crippen molar-refractivity contribution in [3.8, 4) is 5.75 Å². The maximum absolute atomic E-state index is 13.3. The van der Waals surface area contributed by atoms with Crippen molar-refractivity contribution < 1.29 is 19.2 Å². The summed E-state index contributed by atoms with van der Waals surface area (Å²) in [6.07, 6.45) is 0.272. The van der Waals surface area contributed by atoms with E-state index < -0.39 is 22.4 Å². The van der Waals surface area contributed by atoms with Crippen molar-refractivity contribution in [1.29, 1.82) is 0 Å². The van der Waals surface area contributed by atoms with Gasteiger partial charge in [-0.05, 0) is 54.0 Å². The summed E-state index contributed by atoms with van der Waals surface area (Å²) in [6, 6.07) is 8.00. The molecule has 0 aliphatic carbocycles. The van der Waals surface area contributed by atoms with Gasteiger partial charge in [-0.25, -0.2) is 9.78 Å². The molecule has 3 rings (SSSR count). The Labute approximate surface area is 223 Å². The van der Waals surface area contributed by atoms with Gasteiger partial charge >= 0.3 is 11.7 Å². The van der Waals surface area contributed by atoms with E-state index in [-0.39, 0.29) is 28.1 Å². The lowest BCUT2D eigenvalue weighted by Gasteiger charge is -2.20. The van der Waals surface area contributed by atoms with Crippen LogP contribution in [0.4, 0.5) is 5.69 Å². The molecular formula is C24H24Br2N4O6. The van der Waals surface area contributed by atoms with Gasteiger partial charge in [-0.2, -0.15) is 9.78 Å². The molecule has 12 heteroatoms. The average Bonchev–Trinajstić information content (AvgIpc) is 2.79. The highest BCUT2D eigenvalue weighted by Gasteiger charge is 2.26. The number of fused-ring (bicyclic) bond motifs is 1. The highest BCUT2D eigenvalue weighted by molar-refractivity contribution is 9.10. The number of hydrogen-bond acceptors (Lipinski definition) is 8. The maximum Gasteiger partial charge on any atom is 0.347 e. The summed E-state index contributed by atoms with van der Waals surface area (Å²) in [5, 5.41) is 16.5. The number of hydrogen-bond donors (Lipinski definition) is 0. The van der Waals surface area contributed by atoms with Crippen LogP contribution in [0.15, 0.2) is 49.2 Å². The van der Waals surface area contributed by atoms with Crippen molar-refractivity contribution in [2.24, 2.45) is 5.10 Å². The zero-order valence-electron chi connectivity index (χ0n) is 20.2. The first-order valence-electron chi connectivity index (χ1n) is 10.9. The number of carbonyl (C=O) groups excluding carboxylic acids is 1. The third-order valence-electron chi connectivity index (χ3n) is 4.96. The van der Waals surface area contributed by atoms with Crippen molar-refractivity contribution in [2.75, 3.05) is 6.61 Å². The van der Waals surface area contributed by atoms with Crippen molar-refractivity contribution >= 4 is 60.6 Å². The second-order valence-corrected chi connectivity index (χ2v) is 10.6. The normalized spacial score (nSPS) is 12.6. The van der Waals surface area contributed by atoms with Gasteiger partial charge in [0.2, 0.25) is 5.75 Å². The number of ether oxygens (including phenoxy) is 2. The topological polar surface area (TPSA) is 126 Å². The minimum Gasteiger partial charge on any atom is -0.471 e. The number of halogens is 2. The lowest BCUT2D eigenvalue weighted by atomic mass is 9.95. The molecular weight excluding hydrogens is 600 g/mol. The van der Waals surface area contributed by atoms with E-state index in [4.69, 9.17) is 9.47 Å². The number of nitrogens with zero attached hydrogens (tertiary/aromatic N) is 4. The Balaban J connectivity index is 2.10. The molecule has 0 radical (unpaired) electrons. The lowest BCUT2D eigenvalue weighted by molar-refractivity contribution is -0.386. The van der Waals surface area contributed by atoms with E-state index in [1.807, 2.05) is 20.8 Å². The van der Waals surface area contributed by atoms with Crippen LogP contribution in [0.2, 0.25) is 0 Å². The van der Waals surface area contributed by atoms with Crippen LogP contribution in [0.5, 0.6) is 5.75 Å². The molecule has 0 N–H and O–H groups in total. The molecule has 190 valence electrons. The Morgan fingerprint density at radius 3 is 2.58 bits per heavy atom. The molecule has 1 atom stereocenters. The maximum atomic E-state index is 13.3. The fourth-order valence-corrected chi connectivity index (χ4v) is 4.20. The van der Waals surface area contributed by atoms with Crippen LogP contribution in [0.1, 0.15) is 46.0 Å². The molecule has 36 heavy (non-hydrogen) atoms. The molecule has 0 spiro atoms. The Bertz CT molecular complexity index is 1430. The quantitative estimate of drug-likeness (QED) is 0.150. The SMILES string of the molecule is CCOC(=O)[C@@H](C)Oc1c(Br)cc(C=Nn2c(C(C)(C)C)nc3ccc(Br)cc3c2=O)cc1[N+](=O)[O-].